The Kier molecular flexibility index (Phi) is 5.23. The number of carbonyl (C=O) groups is 3. The second kappa shape index (κ2) is 7.46. The van der Waals surface area contributed by atoms with Crippen molar-refractivity contribution in [2.24, 2.45) is 5.92 Å². The van der Waals surface area contributed by atoms with Gasteiger partial charge in [-0.05, 0) is 18.1 Å². The molecule has 0 radical (unpaired) electrons. The van der Waals surface area contributed by atoms with Gasteiger partial charge in [-0.25, -0.2) is 0 Å². The van der Waals surface area contributed by atoms with Gasteiger partial charge in [-0.1, -0.05) is 32.0 Å². The van der Waals surface area contributed by atoms with E-state index >= 15 is 0 Å². The first-order chi connectivity index (χ1) is 13.4. The smallest absolute Gasteiger partial charge is 0.313 e. The summed E-state index contributed by atoms with van der Waals surface area (Å²) in [6.07, 6.45) is 0. The van der Waals surface area contributed by atoms with Gasteiger partial charge in [-0.3, -0.25) is 14.4 Å². The number of hydrogen-bond acceptors (Lipinski definition) is 6. The molecule has 0 aliphatic heterocycles. The summed E-state index contributed by atoms with van der Waals surface area (Å²) in [5, 5.41) is 0. The average Bonchev–Trinajstić information content (AvgIpc) is 2.70. The Morgan fingerprint density at radius 3 is 2.11 bits per heavy atom. The minimum atomic E-state index is -0.632. The Balaban J connectivity index is 2.30. The predicted octanol–water partition coefficient (Wildman–Crippen LogP) is 3.39. The van der Waals surface area contributed by atoms with Crippen molar-refractivity contribution in [1.82, 2.24) is 0 Å². The van der Waals surface area contributed by atoms with Gasteiger partial charge in [0.1, 0.15) is 11.5 Å². The molecule has 0 spiro atoms. The fourth-order valence-electron chi connectivity index (χ4n) is 3.76. The van der Waals surface area contributed by atoms with Crippen molar-refractivity contribution >= 4 is 17.5 Å². The van der Waals surface area contributed by atoms with E-state index in [1.165, 1.54) is 21.3 Å². The normalized spacial score (nSPS) is 13.6. The largest absolute Gasteiger partial charge is 0.496 e. The van der Waals surface area contributed by atoms with E-state index in [0.29, 0.717) is 16.9 Å². The Bertz CT molecular complexity index is 973. The van der Waals surface area contributed by atoms with Gasteiger partial charge in [0, 0.05) is 16.7 Å². The topological polar surface area (TPSA) is 78.9 Å². The highest BCUT2D eigenvalue weighted by Gasteiger charge is 2.38. The van der Waals surface area contributed by atoms with E-state index in [4.69, 9.17) is 14.2 Å². The first-order valence-corrected chi connectivity index (χ1v) is 8.92. The molecule has 0 heterocycles. The minimum Gasteiger partial charge on any atom is -0.496 e. The van der Waals surface area contributed by atoms with Crippen LogP contribution in [0.4, 0.5) is 0 Å². The van der Waals surface area contributed by atoms with Crippen LogP contribution in [-0.4, -0.2) is 38.9 Å². The van der Waals surface area contributed by atoms with Crippen LogP contribution in [-0.2, 0) is 9.53 Å². The summed E-state index contributed by atoms with van der Waals surface area (Å²) < 4.78 is 15.8. The van der Waals surface area contributed by atoms with Crippen LogP contribution < -0.4 is 9.47 Å². The van der Waals surface area contributed by atoms with Gasteiger partial charge in [-0.2, -0.15) is 0 Å². The maximum absolute atomic E-state index is 13.4. The van der Waals surface area contributed by atoms with E-state index in [1.807, 2.05) is 13.8 Å². The van der Waals surface area contributed by atoms with E-state index < -0.39 is 11.9 Å². The zero-order valence-electron chi connectivity index (χ0n) is 16.5. The first-order valence-electron chi connectivity index (χ1n) is 8.92. The minimum absolute atomic E-state index is 0.101. The van der Waals surface area contributed by atoms with Crippen molar-refractivity contribution in [3.8, 4) is 11.5 Å². The lowest BCUT2D eigenvalue weighted by Gasteiger charge is -2.26. The molecule has 0 amide bonds. The fourth-order valence-corrected chi connectivity index (χ4v) is 3.76. The summed E-state index contributed by atoms with van der Waals surface area (Å²) in [6, 6.07) is 8.15. The first kappa shape index (κ1) is 19.6. The van der Waals surface area contributed by atoms with Crippen LogP contribution in [0.15, 0.2) is 30.3 Å². The van der Waals surface area contributed by atoms with Crippen LogP contribution in [0, 0.1) is 5.92 Å². The summed E-state index contributed by atoms with van der Waals surface area (Å²) in [6.45, 7) is 3.76. The molecule has 0 saturated heterocycles. The van der Waals surface area contributed by atoms with Crippen molar-refractivity contribution < 1.29 is 28.6 Å². The maximum Gasteiger partial charge on any atom is 0.313 e. The molecule has 146 valence electrons. The van der Waals surface area contributed by atoms with E-state index in [-0.39, 0.29) is 39.9 Å². The lowest BCUT2D eigenvalue weighted by atomic mass is 9.79. The van der Waals surface area contributed by atoms with E-state index in [1.54, 1.807) is 30.3 Å². The second-order valence-corrected chi connectivity index (χ2v) is 6.90. The summed E-state index contributed by atoms with van der Waals surface area (Å²) in [5.74, 6) is -1.27. The van der Waals surface area contributed by atoms with Gasteiger partial charge in [0.2, 0.25) is 5.78 Å². The molecule has 0 N–H and O–H groups in total. The molecule has 6 heteroatoms. The van der Waals surface area contributed by atoms with Gasteiger partial charge < -0.3 is 14.2 Å². The van der Waals surface area contributed by atoms with Crippen LogP contribution in [0.2, 0.25) is 0 Å². The molecule has 6 nitrogen and oxygen atoms in total. The van der Waals surface area contributed by atoms with Crippen molar-refractivity contribution in [2.75, 3.05) is 21.3 Å². The highest BCUT2D eigenvalue weighted by molar-refractivity contribution is 6.30. The third kappa shape index (κ3) is 2.85. The summed E-state index contributed by atoms with van der Waals surface area (Å²) >= 11 is 0. The van der Waals surface area contributed by atoms with Gasteiger partial charge in [0.15, 0.2) is 5.78 Å². The number of methoxy groups -OCH3 is 3. The number of fused-ring (bicyclic) bond motifs is 2. The Morgan fingerprint density at radius 2 is 1.54 bits per heavy atom. The third-order valence-electron chi connectivity index (χ3n) is 5.04. The van der Waals surface area contributed by atoms with Gasteiger partial charge in [-0.15, -0.1) is 0 Å². The summed E-state index contributed by atoms with van der Waals surface area (Å²) in [4.78, 5) is 38.8. The highest BCUT2D eigenvalue weighted by atomic mass is 16.5. The Labute approximate surface area is 163 Å². The number of ether oxygens (including phenoxy) is 3. The number of esters is 1. The number of benzene rings is 2. The van der Waals surface area contributed by atoms with E-state index in [9.17, 15) is 14.4 Å². The van der Waals surface area contributed by atoms with Crippen LogP contribution in [0.25, 0.3) is 0 Å². The number of carbonyl (C=O) groups excluding carboxylic acids is 3. The molecule has 1 unspecified atom stereocenters. The quantitative estimate of drug-likeness (QED) is 0.630. The SMILES string of the molecule is COC(=O)C(c1ccc2c(c1OC)C(=O)c1c(OC)cccc1C2=O)C(C)C. The molecule has 3 rings (SSSR count). The van der Waals surface area contributed by atoms with Crippen LogP contribution in [0.5, 0.6) is 11.5 Å². The molecule has 1 aliphatic rings. The summed E-state index contributed by atoms with van der Waals surface area (Å²) in [7, 11) is 4.18. The van der Waals surface area contributed by atoms with E-state index in [0.717, 1.165) is 0 Å². The van der Waals surface area contributed by atoms with E-state index in [2.05, 4.69) is 0 Å². The monoisotopic (exact) mass is 382 g/mol. The molecule has 0 saturated carbocycles. The molecule has 1 aliphatic carbocycles. The average molecular weight is 382 g/mol. The Hall–Kier alpha value is -3.15. The second-order valence-electron chi connectivity index (χ2n) is 6.90. The summed E-state index contributed by atoms with van der Waals surface area (Å²) in [5.41, 5.74) is 1.41. The maximum atomic E-state index is 13.4. The Morgan fingerprint density at radius 1 is 0.857 bits per heavy atom. The van der Waals surface area contributed by atoms with Gasteiger partial charge >= 0.3 is 5.97 Å². The zero-order chi connectivity index (χ0) is 20.6. The molecule has 28 heavy (non-hydrogen) atoms. The number of hydrogen-bond donors (Lipinski definition) is 0. The van der Waals surface area contributed by atoms with Crippen molar-refractivity contribution in [3.05, 3.63) is 58.1 Å². The lowest BCUT2D eigenvalue weighted by Crippen LogP contribution is -2.25. The van der Waals surface area contributed by atoms with Crippen molar-refractivity contribution in [1.29, 1.82) is 0 Å². The molecule has 2 aromatic rings. The van der Waals surface area contributed by atoms with Crippen LogP contribution >= 0.6 is 0 Å². The molecule has 2 aromatic carbocycles. The standard InChI is InChI=1S/C22H22O6/c1-11(2)16(22(25)28-5)14-10-9-13-18(21(14)27-4)20(24)17-12(19(13)23)7-6-8-15(17)26-3/h6-11,16H,1-5H3. The molecule has 0 aromatic heterocycles. The molecule has 0 fully saturated rings. The molecular formula is C22H22O6. The van der Waals surface area contributed by atoms with Gasteiger partial charge in [0.25, 0.3) is 0 Å². The fraction of sp³-hybridized carbons (Fsp3) is 0.318. The number of rotatable bonds is 5. The third-order valence-corrected chi connectivity index (χ3v) is 5.04. The van der Waals surface area contributed by atoms with Crippen LogP contribution in [0.1, 0.15) is 57.2 Å². The predicted molar refractivity (Wildman–Crippen MR) is 102 cm³/mol. The van der Waals surface area contributed by atoms with Crippen LogP contribution in [0.3, 0.4) is 0 Å². The highest BCUT2D eigenvalue weighted by Crippen LogP contribution is 2.42. The molecular weight excluding hydrogens is 360 g/mol. The molecule has 0 bridgehead atoms. The lowest BCUT2D eigenvalue weighted by molar-refractivity contribution is -0.143. The molecule has 1 atom stereocenters. The van der Waals surface area contributed by atoms with Gasteiger partial charge in [0.05, 0.1) is 38.4 Å². The van der Waals surface area contributed by atoms with Crippen molar-refractivity contribution in [2.45, 2.75) is 19.8 Å². The number of ketones is 2. The zero-order valence-corrected chi connectivity index (χ0v) is 16.5. The van der Waals surface area contributed by atoms with Crippen molar-refractivity contribution in [3.63, 3.8) is 0 Å².